The monoisotopic (exact) mass is 309 g/mol. The third-order valence-corrected chi connectivity index (χ3v) is 4.19. The molecule has 0 aliphatic heterocycles. The van der Waals surface area contributed by atoms with Crippen molar-refractivity contribution in [1.29, 1.82) is 0 Å². The second kappa shape index (κ2) is 6.58. The summed E-state index contributed by atoms with van der Waals surface area (Å²) in [6, 6.07) is 13.4. The molecule has 0 fully saturated rings. The Balaban J connectivity index is 1.75. The lowest BCUT2D eigenvalue weighted by Gasteiger charge is -2.09. The van der Waals surface area contributed by atoms with E-state index in [9.17, 15) is 4.79 Å². The number of carbonyl (C=O) groups is 1. The van der Waals surface area contributed by atoms with E-state index in [4.69, 9.17) is 0 Å². The van der Waals surface area contributed by atoms with Crippen LogP contribution in [0.5, 0.6) is 0 Å². The van der Waals surface area contributed by atoms with E-state index in [1.54, 1.807) is 36.3 Å². The maximum atomic E-state index is 12.3. The van der Waals surface area contributed by atoms with Crippen molar-refractivity contribution >= 4 is 28.6 Å². The molecule has 110 valence electrons. The third-order valence-electron chi connectivity index (χ3n) is 3.35. The summed E-state index contributed by atoms with van der Waals surface area (Å²) in [7, 11) is 0. The molecule has 0 saturated heterocycles. The molecule has 1 N–H and O–H groups in total. The summed E-state index contributed by atoms with van der Waals surface area (Å²) in [5.41, 5.74) is 2.29. The zero-order valence-corrected chi connectivity index (χ0v) is 12.9. The molecule has 0 unspecified atom stereocenters. The molecule has 0 bridgehead atoms. The van der Waals surface area contributed by atoms with Gasteiger partial charge >= 0.3 is 0 Å². The summed E-state index contributed by atoms with van der Waals surface area (Å²) in [5.74, 6) is -0.172. The van der Waals surface area contributed by atoms with Crippen LogP contribution in [0, 0.1) is 0 Å². The molecule has 2 heterocycles. The van der Waals surface area contributed by atoms with E-state index in [0.29, 0.717) is 12.2 Å². The Bertz CT molecular complexity index is 820. The van der Waals surface area contributed by atoms with Crippen LogP contribution in [0.25, 0.3) is 10.9 Å². The van der Waals surface area contributed by atoms with Gasteiger partial charge in [0.15, 0.2) is 0 Å². The first kappa shape index (κ1) is 14.5. The smallest absolute Gasteiger partial charge is 0.270 e. The van der Waals surface area contributed by atoms with Crippen LogP contribution < -0.4 is 5.32 Å². The van der Waals surface area contributed by atoms with Crippen LogP contribution in [-0.2, 0) is 6.54 Å². The van der Waals surface area contributed by atoms with Gasteiger partial charge in [0, 0.05) is 29.2 Å². The molecule has 5 heteroatoms. The molecule has 22 heavy (non-hydrogen) atoms. The van der Waals surface area contributed by atoms with Gasteiger partial charge in [-0.25, -0.2) is 4.98 Å². The zero-order chi connectivity index (χ0) is 15.4. The fourth-order valence-corrected chi connectivity index (χ4v) is 2.82. The highest BCUT2D eigenvalue weighted by Crippen LogP contribution is 2.19. The van der Waals surface area contributed by atoms with Gasteiger partial charge in [-0.3, -0.25) is 9.78 Å². The number of aromatic nitrogens is 2. The van der Waals surface area contributed by atoms with Crippen LogP contribution in [0.15, 0.2) is 59.8 Å². The van der Waals surface area contributed by atoms with Crippen LogP contribution in [-0.4, -0.2) is 22.1 Å². The highest BCUT2D eigenvalue weighted by molar-refractivity contribution is 7.98. The predicted molar refractivity (Wildman–Crippen MR) is 88.9 cm³/mol. The second-order valence-electron chi connectivity index (χ2n) is 4.76. The van der Waals surface area contributed by atoms with Gasteiger partial charge in [0.25, 0.3) is 5.91 Å². The van der Waals surface area contributed by atoms with Crippen molar-refractivity contribution in [3.8, 4) is 0 Å². The number of thioether (sulfide) groups is 1. The Morgan fingerprint density at radius 3 is 2.91 bits per heavy atom. The number of benzene rings is 1. The molecule has 0 spiro atoms. The maximum absolute atomic E-state index is 12.3. The highest BCUT2D eigenvalue weighted by Gasteiger charge is 2.09. The summed E-state index contributed by atoms with van der Waals surface area (Å²) >= 11 is 1.67. The quantitative estimate of drug-likeness (QED) is 0.751. The van der Waals surface area contributed by atoms with Crippen LogP contribution >= 0.6 is 11.8 Å². The minimum atomic E-state index is -0.172. The Morgan fingerprint density at radius 2 is 2.05 bits per heavy atom. The van der Waals surface area contributed by atoms with Crippen molar-refractivity contribution in [2.45, 2.75) is 11.4 Å². The Kier molecular flexibility index (Phi) is 4.34. The van der Waals surface area contributed by atoms with Crippen molar-refractivity contribution in [3.05, 3.63) is 66.1 Å². The maximum Gasteiger partial charge on any atom is 0.270 e. The Morgan fingerprint density at radius 1 is 1.18 bits per heavy atom. The van der Waals surface area contributed by atoms with Crippen LogP contribution in [0.4, 0.5) is 0 Å². The normalized spacial score (nSPS) is 10.6. The molecule has 1 amide bonds. The lowest BCUT2D eigenvalue weighted by atomic mass is 10.2. The van der Waals surface area contributed by atoms with E-state index < -0.39 is 0 Å². The first-order chi connectivity index (χ1) is 10.8. The number of amides is 1. The minimum Gasteiger partial charge on any atom is -0.347 e. The van der Waals surface area contributed by atoms with E-state index in [0.717, 1.165) is 16.5 Å². The van der Waals surface area contributed by atoms with Crippen molar-refractivity contribution < 1.29 is 4.79 Å². The summed E-state index contributed by atoms with van der Waals surface area (Å²) in [5, 5.41) is 3.85. The minimum absolute atomic E-state index is 0.172. The standard InChI is InChI=1S/C17H15N3OS/c1-22-16-5-3-2-4-13(16)11-19-17(21)15-7-6-12-10-18-9-8-14(12)20-15/h2-10H,11H2,1H3,(H,19,21). The van der Waals surface area contributed by atoms with Crippen LogP contribution in [0.1, 0.15) is 16.1 Å². The van der Waals surface area contributed by atoms with Crippen molar-refractivity contribution in [2.75, 3.05) is 6.26 Å². The van der Waals surface area contributed by atoms with Gasteiger partial charge in [-0.2, -0.15) is 0 Å². The first-order valence-electron chi connectivity index (χ1n) is 6.89. The molecule has 2 aromatic heterocycles. The van der Waals surface area contributed by atoms with Gasteiger partial charge in [0.2, 0.25) is 0 Å². The summed E-state index contributed by atoms with van der Waals surface area (Å²) < 4.78 is 0. The molecule has 0 radical (unpaired) electrons. The van der Waals surface area contributed by atoms with Gasteiger partial charge in [-0.05, 0) is 36.1 Å². The van der Waals surface area contributed by atoms with E-state index in [2.05, 4.69) is 15.3 Å². The number of hydrogen-bond donors (Lipinski definition) is 1. The Labute approximate surface area is 133 Å². The number of fused-ring (bicyclic) bond motifs is 1. The number of pyridine rings is 2. The molecule has 3 aromatic rings. The molecular formula is C17H15N3OS. The number of nitrogens with one attached hydrogen (secondary N) is 1. The summed E-state index contributed by atoms with van der Waals surface area (Å²) in [6.45, 7) is 0.492. The van der Waals surface area contributed by atoms with Gasteiger partial charge in [-0.15, -0.1) is 11.8 Å². The molecule has 0 aliphatic carbocycles. The molecule has 1 aromatic carbocycles. The molecular weight excluding hydrogens is 294 g/mol. The molecule has 4 nitrogen and oxygen atoms in total. The first-order valence-corrected chi connectivity index (χ1v) is 8.11. The van der Waals surface area contributed by atoms with Gasteiger partial charge in [0.1, 0.15) is 5.69 Å². The average Bonchev–Trinajstić information content (AvgIpc) is 2.59. The van der Waals surface area contributed by atoms with Crippen LogP contribution in [0.3, 0.4) is 0 Å². The fourth-order valence-electron chi connectivity index (χ4n) is 2.21. The molecule has 0 aliphatic rings. The number of rotatable bonds is 4. The van der Waals surface area contributed by atoms with Crippen LogP contribution in [0.2, 0.25) is 0 Å². The van der Waals surface area contributed by atoms with Gasteiger partial charge in [-0.1, -0.05) is 18.2 Å². The predicted octanol–water partition coefficient (Wildman–Crippen LogP) is 3.28. The summed E-state index contributed by atoms with van der Waals surface area (Å²) in [4.78, 5) is 21.8. The largest absolute Gasteiger partial charge is 0.347 e. The Hall–Kier alpha value is -2.40. The van der Waals surface area contributed by atoms with E-state index in [1.807, 2.05) is 36.6 Å². The molecule has 3 rings (SSSR count). The molecule has 0 saturated carbocycles. The SMILES string of the molecule is CSc1ccccc1CNC(=O)c1ccc2cnccc2n1. The fraction of sp³-hybridized carbons (Fsp3) is 0.118. The van der Waals surface area contributed by atoms with E-state index in [-0.39, 0.29) is 5.91 Å². The third kappa shape index (κ3) is 3.09. The van der Waals surface area contributed by atoms with E-state index in [1.165, 1.54) is 4.90 Å². The topological polar surface area (TPSA) is 54.9 Å². The van der Waals surface area contributed by atoms with Gasteiger partial charge < -0.3 is 5.32 Å². The van der Waals surface area contributed by atoms with Crippen molar-refractivity contribution in [1.82, 2.24) is 15.3 Å². The lowest BCUT2D eigenvalue weighted by Crippen LogP contribution is -2.24. The lowest BCUT2D eigenvalue weighted by molar-refractivity contribution is 0.0946. The number of hydrogen-bond acceptors (Lipinski definition) is 4. The number of carbonyl (C=O) groups excluding carboxylic acids is 1. The van der Waals surface area contributed by atoms with E-state index >= 15 is 0 Å². The van der Waals surface area contributed by atoms with Crippen molar-refractivity contribution in [3.63, 3.8) is 0 Å². The van der Waals surface area contributed by atoms with Gasteiger partial charge in [0.05, 0.1) is 5.52 Å². The van der Waals surface area contributed by atoms with Crippen molar-refractivity contribution in [2.24, 2.45) is 0 Å². The molecule has 0 atom stereocenters. The average molecular weight is 309 g/mol. The second-order valence-corrected chi connectivity index (χ2v) is 5.61. The zero-order valence-electron chi connectivity index (χ0n) is 12.1. The number of nitrogens with zero attached hydrogens (tertiary/aromatic N) is 2. The summed E-state index contributed by atoms with van der Waals surface area (Å²) in [6.07, 6.45) is 5.43. The highest BCUT2D eigenvalue weighted by atomic mass is 32.2.